The van der Waals surface area contributed by atoms with Crippen molar-refractivity contribution in [3.63, 3.8) is 0 Å². The Morgan fingerprint density at radius 2 is 2.12 bits per heavy atom. The number of carbonyl (C=O) groups is 1. The van der Waals surface area contributed by atoms with Crippen LogP contribution in [0.2, 0.25) is 0 Å². The van der Waals surface area contributed by atoms with E-state index in [1.807, 2.05) is 18.3 Å². The fraction of sp³-hybridized carbons (Fsp3) is 0.429. The quantitative estimate of drug-likeness (QED) is 0.739. The number of aldehydes is 1. The van der Waals surface area contributed by atoms with E-state index in [0.717, 1.165) is 22.9 Å². The van der Waals surface area contributed by atoms with Crippen LogP contribution >= 0.6 is 0 Å². The van der Waals surface area contributed by atoms with Gasteiger partial charge in [0.2, 0.25) is 0 Å². The minimum Gasteiger partial charge on any atom is -0.329 e. The van der Waals surface area contributed by atoms with Gasteiger partial charge in [0, 0.05) is 29.4 Å². The molecule has 0 bridgehead atoms. The molecule has 0 radical (unpaired) electrons. The van der Waals surface area contributed by atoms with E-state index in [1.54, 1.807) is 6.20 Å². The average molecular weight is 228 g/mol. The lowest BCUT2D eigenvalue weighted by Gasteiger charge is -2.23. The third kappa shape index (κ3) is 1.75. The highest BCUT2D eigenvalue weighted by Gasteiger charge is 2.19. The zero-order valence-electron chi connectivity index (χ0n) is 9.80. The Balaban J connectivity index is 2.11. The number of hydrogen-bond acceptors (Lipinski definition) is 2. The van der Waals surface area contributed by atoms with Crippen molar-refractivity contribution >= 4 is 17.3 Å². The third-order valence-corrected chi connectivity index (χ3v) is 3.72. The highest BCUT2D eigenvalue weighted by molar-refractivity contribution is 5.96. The lowest BCUT2D eigenvalue weighted by molar-refractivity contribution is 0.112. The van der Waals surface area contributed by atoms with E-state index >= 15 is 0 Å². The van der Waals surface area contributed by atoms with Crippen LogP contribution in [-0.4, -0.2) is 15.8 Å². The monoisotopic (exact) mass is 228 g/mol. The normalized spacial score (nSPS) is 17.4. The van der Waals surface area contributed by atoms with Gasteiger partial charge in [0.25, 0.3) is 0 Å². The molecule has 3 heteroatoms. The van der Waals surface area contributed by atoms with Crippen LogP contribution in [0.25, 0.3) is 11.0 Å². The van der Waals surface area contributed by atoms with Gasteiger partial charge in [0.05, 0.1) is 0 Å². The molecule has 0 aromatic carbocycles. The van der Waals surface area contributed by atoms with E-state index in [2.05, 4.69) is 9.55 Å². The van der Waals surface area contributed by atoms with Crippen LogP contribution in [0.1, 0.15) is 48.5 Å². The zero-order valence-corrected chi connectivity index (χ0v) is 9.80. The number of nitrogens with zero attached hydrogens (tertiary/aromatic N) is 2. The Morgan fingerprint density at radius 3 is 2.88 bits per heavy atom. The number of fused-ring (bicyclic) bond motifs is 1. The first kappa shape index (κ1) is 10.5. The molecule has 0 N–H and O–H groups in total. The number of carbonyl (C=O) groups excluding carboxylic acids is 1. The van der Waals surface area contributed by atoms with Crippen LogP contribution in [0, 0.1) is 0 Å². The number of rotatable bonds is 2. The Bertz CT molecular complexity index is 538. The standard InChI is InChI=1S/C14H16N2O/c17-10-11-9-16(12-5-2-1-3-6-12)14-13(11)7-4-8-15-14/h4,7-10,12H,1-3,5-6H2. The molecule has 0 atom stereocenters. The molecule has 2 heterocycles. The lowest BCUT2D eigenvalue weighted by Crippen LogP contribution is -2.12. The first-order chi connectivity index (χ1) is 8.40. The fourth-order valence-electron chi connectivity index (χ4n) is 2.84. The molecule has 1 aliphatic carbocycles. The summed E-state index contributed by atoms with van der Waals surface area (Å²) in [5.41, 5.74) is 1.72. The van der Waals surface area contributed by atoms with Crippen molar-refractivity contribution < 1.29 is 4.79 Å². The summed E-state index contributed by atoms with van der Waals surface area (Å²) in [5.74, 6) is 0. The molecule has 2 aromatic heterocycles. The van der Waals surface area contributed by atoms with Crippen molar-refractivity contribution in [2.24, 2.45) is 0 Å². The first-order valence-electron chi connectivity index (χ1n) is 6.31. The smallest absolute Gasteiger partial charge is 0.152 e. The van der Waals surface area contributed by atoms with Crippen LogP contribution in [0.15, 0.2) is 24.5 Å². The van der Waals surface area contributed by atoms with E-state index in [4.69, 9.17) is 0 Å². The van der Waals surface area contributed by atoms with Gasteiger partial charge in [-0.2, -0.15) is 0 Å². The van der Waals surface area contributed by atoms with Gasteiger partial charge in [-0.3, -0.25) is 4.79 Å². The van der Waals surface area contributed by atoms with Gasteiger partial charge in [0.15, 0.2) is 6.29 Å². The van der Waals surface area contributed by atoms with E-state index in [9.17, 15) is 4.79 Å². The minimum atomic E-state index is 0.523. The molecule has 17 heavy (non-hydrogen) atoms. The van der Waals surface area contributed by atoms with E-state index in [0.29, 0.717) is 6.04 Å². The minimum absolute atomic E-state index is 0.523. The molecule has 1 saturated carbocycles. The van der Waals surface area contributed by atoms with Crippen molar-refractivity contribution in [2.45, 2.75) is 38.1 Å². The van der Waals surface area contributed by atoms with Crippen LogP contribution in [0.3, 0.4) is 0 Å². The van der Waals surface area contributed by atoms with E-state index < -0.39 is 0 Å². The van der Waals surface area contributed by atoms with Gasteiger partial charge in [-0.05, 0) is 25.0 Å². The molecular weight excluding hydrogens is 212 g/mol. The molecule has 0 unspecified atom stereocenters. The highest BCUT2D eigenvalue weighted by Crippen LogP contribution is 2.31. The molecule has 0 aliphatic heterocycles. The van der Waals surface area contributed by atoms with Gasteiger partial charge in [0.1, 0.15) is 5.65 Å². The maximum Gasteiger partial charge on any atom is 0.152 e. The molecule has 3 nitrogen and oxygen atoms in total. The molecule has 3 rings (SSSR count). The number of aromatic nitrogens is 2. The average Bonchev–Trinajstić information content (AvgIpc) is 2.78. The summed E-state index contributed by atoms with van der Waals surface area (Å²) in [4.78, 5) is 15.5. The molecular formula is C14H16N2O. The van der Waals surface area contributed by atoms with Crippen molar-refractivity contribution in [2.75, 3.05) is 0 Å². The Kier molecular flexibility index (Phi) is 2.67. The summed E-state index contributed by atoms with van der Waals surface area (Å²) >= 11 is 0. The molecule has 2 aromatic rings. The van der Waals surface area contributed by atoms with Gasteiger partial charge >= 0.3 is 0 Å². The summed E-state index contributed by atoms with van der Waals surface area (Å²) in [6.45, 7) is 0. The number of hydrogen-bond donors (Lipinski definition) is 0. The van der Waals surface area contributed by atoms with Crippen molar-refractivity contribution in [1.29, 1.82) is 0 Å². The largest absolute Gasteiger partial charge is 0.329 e. The van der Waals surface area contributed by atoms with Gasteiger partial charge in [-0.15, -0.1) is 0 Å². The van der Waals surface area contributed by atoms with Gasteiger partial charge in [-0.1, -0.05) is 19.3 Å². The van der Waals surface area contributed by atoms with Crippen LogP contribution < -0.4 is 0 Å². The fourth-order valence-corrected chi connectivity index (χ4v) is 2.84. The Labute approximate surface area is 100 Å². The molecule has 0 spiro atoms. The molecule has 0 saturated heterocycles. The van der Waals surface area contributed by atoms with E-state index in [1.165, 1.54) is 32.1 Å². The van der Waals surface area contributed by atoms with Crippen LogP contribution in [0.4, 0.5) is 0 Å². The molecule has 1 fully saturated rings. The molecule has 1 aliphatic rings. The maximum atomic E-state index is 11.1. The highest BCUT2D eigenvalue weighted by atomic mass is 16.1. The predicted octanol–water partition coefficient (Wildman–Crippen LogP) is 3.35. The zero-order chi connectivity index (χ0) is 11.7. The van der Waals surface area contributed by atoms with E-state index in [-0.39, 0.29) is 0 Å². The van der Waals surface area contributed by atoms with Crippen LogP contribution in [-0.2, 0) is 0 Å². The predicted molar refractivity (Wildman–Crippen MR) is 67.2 cm³/mol. The topological polar surface area (TPSA) is 34.9 Å². The summed E-state index contributed by atoms with van der Waals surface area (Å²) in [6.07, 6.45) is 11.0. The van der Waals surface area contributed by atoms with Gasteiger partial charge in [-0.25, -0.2) is 4.98 Å². The first-order valence-corrected chi connectivity index (χ1v) is 6.31. The summed E-state index contributed by atoms with van der Waals surface area (Å²) in [7, 11) is 0. The molecule has 88 valence electrons. The van der Waals surface area contributed by atoms with Gasteiger partial charge < -0.3 is 4.57 Å². The summed E-state index contributed by atoms with van der Waals surface area (Å²) in [5, 5.41) is 0.980. The lowest BCUT2D eigenvalue weighted by atomic mass is 9.95. The number of pyridine rings is 1. The molecule has 0 amide bonds. The maximum absolute atomic E-state index is 11.1. The van der Waals surface area contributed by atoms with Crippen LogP contribution in [0.5, 0.6) is 0 Å². The van der Waals surface area contributed by atoms with Crippen molar-refractivity contribution in [1.82, 2.24) is 9.55 Å². The van der Waals surface area contributed by atoms with Crippen molar-refractivity contribution in [3.05, 3.63) is 30.1 Å². The van der Waals surface area contributed by atoms with Crippen molar-refractivity contribution in [3.8, 4) is 0 Å². The second-order valence-electron chi connectivity index (χ2n) is 4.78. The SMILES string of the molecule is O=Cc1cn(C2CCCCC2)c2ncccc12. The summed E-state index contributed by atoms with van der Waals surface area (Å²) < 4.78 is 2.21. The third-order valence-electron chi connectivity index (χ3n) is 3.72. The second kappa shape index (κ2) is 4.32. The Morgan fingerprint density at radius 1 is 1.29 bits per heavy atom. The summed E-state index contributed by atoms with van der Waals surface area (Å²) in [6, 6.07) is 4.39. The Hall–Kier alpha value is -1.64. The second-order valence-corrected chi connectivity index (χ2v) is 4.78.